The van der Waals surface area contributed by atoms with E-state index in [4.69, 9.17) is 10.6 Å². The third-order valence-corrected chi connectivity index (χ3v) is 3.06. The van der Waals surface area contributed by atoms with E-state index >= 15 is 0 Å². The van der Waals surface area contributed by atoms with Crippen LogP contribution in [0, 0.1) is 11.7 Å². The first kappa shape index (κ1) is 14.9. The fourth-order valence-corrected chi connectivity index (χ4v) is 2.07. The number of hydrazine groups is 1. The van der Waals surface area contributed by atoms with Crippen molar-refractivity contribution in [2.75, 3.05) is 7.11 Å². The first-order chi connectivity index (χ1) is 8.60. The smallest absolute Gasteiger partial charge is 0.131 e. The predicted molar refractivity (Wildman–Crippen MR) is 71.7 cm³/mol. The number of hydrogen-bond acceptors (Lipinski definition) is 3. The number of nitrogens with two attached hydrogens (primary N) is 1. The van der Waals surface area contributed by atoms with Crippen LogP contribution >= 0.6 is 0 Å². The van der Waals surface area contributed by atoms with Crippen molar-refractivity contribution in [3.8, 4) is 5.75 Å². The number of hydrogen-bond donors (Lipinski definition) is 2. The van der Waals surface area contributed by atoms with Gasteiger partial charge in [0, 0.05) is 5.56 Å². The minimum atomic E-state index is -0.276. The molecule has 0 amide bonds. The Kier molecular flexibility index (Phi) is 6.09. The van der Waals surface area contributed by atoms with Crippen molar-refractivity contribution in [3.05, 3.63) is 29.6 Å². The molecule has 0 radical (unpaired) electrons. The molecule has 0 aliphatic heterocycles. The summed E-state index contributed by atoms with van der Waals surface area (Å²) in [6.07, 6.45) is 2.91. The minimum Gasteiger partial charge on any atom is -0.496 e. The molecule has 0 saturated carbocycles. The van der Waals surface area contributed by atoms with Crippen LogP contribution in [-0.2, 0) is 0 Å². The Labute approximate surface area is 108 Å². The molecule has 1 aromatic rings. The molecule has 0 bridgehead atoms. The first-order valence-corrected chi connectivity index (χ1v) is 6.38. The van der Waals surface area contributed by atoms with Gasteiger partial charge in [0.25, 0.3) is 0 Å². The fourth-order valence-electron chi connectivity index (χ4n) is 2.07. The van der Waals surface area contributed by atoms with E-state index in [1.165, 1.54) is 6.07 Å². The summed E-state index contributed by atoms with van der Waals surface area (Å²) in [6, 6.07) is 4.62. The van der Waals surface area contributed by atoms with Crippen LogP contribution in [0.15, 0.2) is 18.2 Å². The molecule has 1 unspecified atom stereocenters. The highest BCUT2D eigenvalue weighted by atomic mass is 19.1. The summed E-state index contributed by atoms with van der Waals surface area (Å²) >= 11 is 0. The van der Waals surface area contributed by atoms with Gasteiger partial charge in [0.2, 0.25) is 0 Å². The summed E-state index contributed by atoms with van der Waals surface area (Å²) in [4.78, 5) is 0. The van der Waals surface area contributed by atoms with E-state index in [-0.39, 0.29) is 11.9 Å². The maximum atomic E-state index is 13.9. The predicted octanol–water partition coefficient (Wildman–Crippen LogP) is 3.17. The number of methoxy groups -OCH3 is 1. The summed E-state index contributed by atoms with van der Waals surface area (Å²) in [5.41, 5.74) is 3.21. The molecule has 0 aliphatic rings. The van der Waals surface area contributed by atoms with Gasteiger partial charge in [-0.05, 0) is 24.5 Å². The molecule has 1 atom stereocenters. The van der Waals surface area contributed by atoms with E-state index in [0.29, 0.717) is 17.2 Å². The van der Waals surface area contributed by atoms with Gasteiger partial charge in [-0.15, -0.1) is 0 Å². The zero-order valence-corrected chi connectivity index (χ0v) is 11.4. The van der Waals surface area contributed by atoms with Crippen LogP contribution in [0.4, 0.5) is 4.39 Å². The Balaban J connectivity index is 2.81. The maximum absolute atomic E-state index is 13.9. The molecule has 102 valence electrons. The van der Waals surface area contributed by atoms with Crippen LogP contribution in [0.5, 0.6) is 5.75 Å². The minimum absolute atomic E-state index is 0.208. The molecule has 0 heterocycles. The Bertz CT molecular complexity index is 369. The van der Waals surface area contributed by atoms with Gasteiger partial charge in [-0.2, -0.15) is 0 Å². The molecule has 18 heavy (non-hydrogen) atoms. The van der Waals surface area contributed by atoms with Crippen molar-refractivity contribution in [1.82, 2.24) is 5.43 Å². The largest absolute Gasteiger partial charge is 0.496 e. The highest BCUT2D eigenvalue weighted by molar-refractivity contribution is 5.37. The third kappa shape index (κ3) is 3.96. The van der Waals surface area contributed by atoms with E-state index in [1.54, 1.807) is 19.2 Å². The number of nitrogens with one attached hydrogen (secondary N) is 1. The van der Waals surface area contributed by atoms with Crippen LogP contribution in [0.3, 0.4) is 0 Å². The van der Waals surface area contributed by atoms with Gasteiger partial charge in [0.15, 0.2) is 0 Å². The van der Waals surface area contributed by atoms with Gasteiger partial charge in [-0.3, -0.25) is 11.3 Å². The van der Waals surface area contributed by atoms with Gasteiger partial charge in [-0.1, -0.05) is 32.8 Å². The SMILES string of the molecule is COc1cccc(F)c1C(CCCC(C)C)NN. The average molecular weight is 254 g/mol. The summed E-state index contributed by atoms with van der Waals surface area (Å²) in [5.74, 6) is 6.45. The summed E-state index contributed by atoms with van der Waals surface area (Å²) in [5, 5.41) is 0. The topological polar surface area (TPSA) is 47.3 Å². The Morgan fingerprint density at radius 2 is 2.06 bits per heavy atom. The van der Waals surface area contributed by atoms with Crippen molar-refractivity contribution in [1.29, 1.82) is 0 Å². The van der Waals surface area contributed by atoms with E-state index in [0.717, 1.165) is 19.3 Å². The second kappa shape index (κ2) is 7.34. The number of benzene rings is 1. The van der Waals surface area contributed by atoms with Crippen LogP contribution in [0.1, 0.15) is 44.7 Å². The lowest BCUT2D eigenvalue weighted by Crippen LogP contribution is -2.29. The normalized spacial score (nSPS) is 12.8. The summed E-state index contributed by atoms with van der Waals surface area (Å²) in [7, 11) is 1.54. The van der Waals surface area contributed by atoms with E-state index < -0.39 is 0 Å². The molecule has 1 rings (SSSR count). The number of ether oxygens (including phenoxy) is 1. The standard InChI is InChI=1S/C14H23FN2O/c1-10(2)6-4-8-12(17-16)14-11(15)7-5-9-13(14)18-3/h5,7,9-10,12,17H,4,6,8,16H2,1-3H3. The third-order valence-electron chi connectivity index (χ3n) is 3.06. The van der Waals surface area contributed by atoms with Gasteiger partial charge in [0.1, 0.15) is 11.6 Å². The molecule has 0 aromatic heterocycles. The van der Waals surface area contributed by atoms with Gasteiger partial charge in [0.05, 0.1) is 13.2 Å². The van der Waals surface area contributed by atoms with Crippen LogP contribution in [-0.4, -0.2) is 7.11 Å². The molecule has 0 fully saturated rings. The number of halogens is 1. The van der Waals surface area contributed by atoms with Crippen LogP contribution in [0.25, 0.3) is 0 Å². The van der Waals surface area contributed by atoms with Crippen LogP contribution in [0.2, 0.25) is 0 Å². The molecule has 0 saturated heterocycles. The molecule has 4 heteroatoms. The monoisotopic (exact) mass is 254 g/mol. The average Bonchev–Trinajstić information content (AvgIpc) is 2.34. The van der Waals surface area contributed by atoms with Crippen molar-refractivity contribution < 1.29 is 9.13 Å². The quantitative estimate of drug-likeness (QED) is 0.580. The van der Waals surface area contributed by atoms with E-state index in [9.17, 15) is 4.39 Å². The zero-order chi connectivity index (χ0) is 13.5. The second-order valence-corrected chi connectivity index (χ2v) is 4.90. The fraction of sp³-hybridized carbons (Fsp3) is 0.571. The second-order valence-electron chi connectivity index (χ2n) is 4.90. The van der Waals surface area contributed by atoms with Crippen molar-refractivity contribution in [2.24, 2.45) is 11.8 Å². The lowest BCUT2D eigenvalue weighted by atomic mass is 9.97. The van der Waals surface area contributed by atoms with E-state index in [2.05, 4.69) is 19.3 Å². The van der Waals surface area contributed by atoms with Gasteiger partial charge >= 0.3 is 0 Å². The summed E-state index contributed by atoms with van der Waals surface area (Å²) < 4.78 is 19.1. The first-order valence-electron chi connectivity index (χ1n) is 6.38. The molecular formula is C14H23FN2O. The Morgan fingerprint density at radius 3 is 2.61 bits per heavy atom. The highest BCUT2D eigenvalue weighted by Gasteiger charge is 2.19. The molecule has 3 N–H and O–H groups in total. The zero-order valence-electron chi connectivity index (χ0n) is 11.4. The molecule has 0 spiro atoms. The molecule has 0 aliphatic carbocycles. The van der Waals surface area contributed by atoms with Crippen molar-refractivity contribution in [2.45, 2.75) is 39.2 Å². The maximum Gasteiger partial charge on any atom is 0.131 e. The van der Waals surface area contributed by atoms with E-state index in [1.807, 2.05) is 0 Å². The number of rotatable bonds is 7. The van der Waals surface area contributed by atoms with Gasteiger partial charge < -0.3 is 4.74 Å². The lowest BCUT2D eigenvalue weighted by Gasteiger charge is -2.20. The highest BCUT2D eigenvalue weighted by Crippen LogP contribution is 2.30. The summed E-state index contributed by atoms with van der Waals surface area (Å²) in [6.45, 7) is 4.35. The van der Waals surface area contributed by atoms with Crippen LogP contribution < -0.4 is 16.0 Å². The molecular weight excluding hydrogens is 231 g/mol. The Hall–Kier alpha value is -1.13. The molecule has 1 aromatic carbocycles. The Morgan fingerprint density at radius 1 is 1.33 bits per heavy atom. The van der Waals surface area contributed by atoms with Gasteiger partial charge in [-0.25, -0.2) is 4.39 Å². The molecule has 3 nitrogen and oxygen atoms in total. The van der Waals surface area contributed by atoms with Crippen molar-refractivity contribution >= 4 is 0 Å². The van der Waals surface area contributed by atoms with Crippen molar-refractivity contribution in [3.63, 3.8) is 0 Å². The lowest BCUT2D eigenvalue weighted by molar-refractivity contribution is 0.380.